The third-order valence-corrected chi connectivity index (χ3v) is 6.50. The Labute approximate surface area is 162 Å². The monoisotopic (exact) mass is 396 g/mol. The molecule has 136 valence electrons. The van der Waals surface area contributed by atoms with Gasteiger partial charge in [0.2, 0.25) is 5.16 Å². The van der Waals surface area contributed by atoms with Gasteiger partial charge in [-0.2, -0.15) is 0 Å². The third-order valence-electron chi connectivity index (χ3n) is 4.57. The standard InChI is InChI=1S/C18H16N6OS2/c1-10(27-18-21-22-23-24(18)12-7-8-12)15-19-16(25)14-13(9-26-17(14)20-15)11-5-3-2-4-6-11/h2-6,9-10,12H,7-8H2,1H3,(H,19,20,25). The summed E-state index contributed by atoms with van der Waals surface area (Å²) in [5.41, 5.74) is 1.84. The molecule has 5 rings (SSSR count). The number of tetrazole rings is 1. The molecule has 0 bridgehead atoms. The van der Waals surface area contributed by atoms with Gasteiger partial charge in [-0.3, -0.25) is 4.79 Å². The lowest BCUT2D eigenvalue weighted by Crippen LogP contribution is -2.12. The van der Waals surface area contributed by atoms with Crippen LogP contribution in [0, 0.1) is 0 Å². The molecule has 3 aromatic heterocycles. The Kier molecular flexibility index (Phi) is 4.05. The molecule has 9 heteroatoms. The van der Waals surface area contributed by atoms with Crippen LogP contribution >= 0.6 is 23.1 Å². The largest absolute Gasteiger partial charge is 0.309 e. The van der Waals surface area contributed by atoms with Crippen molar-refractivity contribution in [2.75, 3.05) is 0 Å². The van der Waals surface area contributed by atoms with Gasteiger partial charge < -0.3 is 4.98 Å². The van der Waals surface area contributed by atoms with E-state index in [1.807, 2.05) is 47.3 Å². The van der Waals surface area contributed by atoms with Crippen molar-refractivity contribution in [2.24, 2.45) is 0 Å². The average molecular weight is 397 g/mol. The normalized spacial score (nSPS) is 15.3. The van der Waals surface area contributed by atoms with Gasteiger partial charge in [0.1, 0.15) is 10.7 Å². The Balaban J connectivity index is 1.49. The van der Waals surface area contributed by atoms with E-state index in [1.54, 1.807) is 0 Å². The Bertz CT molecular complexity index is 1160. The lowest BCUT2D eigenvalue weighted by Gasteiger charge is -2.10. The second-order valence-corrected chi connectivity index (χ2v) is 8.71. The van der Waals surface area contributed by atoms with Crippen LogP contribution in [0.15, 0.2) is 45.7 Å². The van der Waals surface area contributed by atoms with Crippen LogP contribution in [0.3, 0.4) is 0 Å². The summed E-state index contributed by atoms with van der Waals surface area (Å²) in [6.07, 6.45) is 2.23. The van der Waals surface area contributed by atoms with Crippen molar-refractivity contribution in [3.8, 4) is 11.1 Å². The Morgan fingerprint density at radius 1 is 1.30 bits per heavy atom. The maximum absolute atomic E-state index is 12.8. The van der Waals surface area contributed by atoms with E-state index in [-0.39, 0.29) is 10.8 Å². The number of hydrogen-bond acceptors (Lipinski definition) is 7. The number of fused-ring (bicyclic) bond motifs is 1. The van der Waals surface area contributed by atoms with E-state index in [2.05, 4.69) is 20.5 Å². The van der Waals surface area contributed by atoms with Crippen LogP contribution in [0.5, 0.6) is 0 Å². The molecule has 1 aliphatic carbocycles. The zero-order chi connectivity index (χ0) is 18.4. The fourth-order valence-corrected chi connectivity index (χ4v) is 4.89. The maximum Gasteiger partial charge on any atom is 0.260 e. The highest BCUT2D eigenvalue weighted by Gasteiger charge is 2.29. The van der Waals surface area contributed by atoms with Crippen LogP contribution in [0.2, 0.25) is 0 Å². The Morgan fingerprint density at radius 3 is 2.89 bits per heavy atom. The molecule has 1 saturated carbocycles. The summed E-state index contributed by atoms with van der Waals surface area (Å²) in [6.45, 7) is 2.01. The number of rotatable bonds is 5. The van der Waals surface area contributed by atoms with Gasteiger partial charge in [0, 0.05) is 10.9 Å². The molecule has 1 aliphatic rings. The van der Waals surface area contributed by atoms with Crippen molar-refractivity contribution in [2.45, 2.75) is 36.2 Å². The molecule has 0 amide bonds. The molecule has 27 heavy (non-hydrogen) atoms. The van der Waals surface area contributed by atoms with E-state index in [4.69, 9.17) is 4.98 Å². The second kappa shape index (κ2) is 6.58. The summed E-state index contributed by atoms with van der Waals surface area (Å²) in [4.78, 5) is 21.2. The number of thioether (sulfide) groups is 1. The summed E-state index contributed by atoms with van der Waals surface area (Å²) in [5.74, 6) is 0.643. The van der Waals surface area contributed by atoms with Crippen molar-refractivity contribution < 1.29 is 0 Å². The molecule has 1 N–H and O–H groups in total. The van der Waals surface area contributed by atoms with Crippen molar-refractivity contribution >= 4 is 33.3 Å². The maximum atomic E-state index is 12.8. The molecule has 1 fully saturated rings. The number of benzene rings is 1. The van der Waals surface area contributed by atoms with Crippen LogP contribution < -0.4 is 5.56 Å². The van der Waals surface area contributed by atoms with Gasteiger partial charge in [0.25, 0.3) is 5.56 Å². The van der Waals surface area contributed by atoms with Gasteiger partial charge in [-0.05, 0) is 35.8 Å². The molecular formula is C18H16N6OS2. The van der Waals surface area contributed by atoms with Gasteiger partial charge in [-0.15, -0.1) is 16.4 Å². The smallest absolute Gasteiger partial charge is 0.260 e. The number of nitrogens with zero attached hydrogens (tertiary/aromatic N) is 5. The highest BCUT2D eigenvalue weighted by atomic mass is 32.2. The minimum atomic E-state index is -0.107. The minimum absolute atomic E-state index is 0.0622. The number of hydrogen-bond donors (Lipinski definition) is 1. The van der Waals surface area contributed by atoms with Crippen molar-refractivity contribution in [3.05, 3.63) is 51.9 Å². The van der Waals surface area contributed by atoms with E-state index in [1.165, 1.54) is 23.1 Å². The fourth-order valence-electron chi connectivity index (χ4n) is 3.01. The summed E-state index contributed by atoms with van der Waals surface area (Å²) in [7, 11) is 0. The summed E-state index contributed by atoms with van der Waals surface area (Å²) >= 11 is 3.01. The lowest BCUT2D eigenvalue weighted by molar-refractivity contribution is 0.564. The van der Waals surface area contributed by atoms with Gasteiger partial charge >= 0.3 is 0 Å². The number of H-pyrrole nitrogens is 1. The molecule has 0 spiro atoms. The first-order chi connectivity index (χ1) is 13.2. The molecule has 7 nitrogen and oxygen atoms in total. The number of nitrogens with one attached hydrogen (secondary N) is 1. The number of aromatic amines is 1. The highest BCUT2D eigenvalue weighted by molar-refractivity contribution is 7.99. The van der Waals surface area contributed by atoms with Crippen LogP contribution in [0.25, 0.3) is 21.3 Å². The molecule has 1 atom stereocenters. The summed E-state index contributed by atoms with van der Waals surface area (Å²) < 4.78 is 1.87. The molecule has 0 saturated heterocycles. The van der Waals surface area contributed by atoms with E-state index in [0.717, 1.165) is 34.0 Å². The van der Waals surface area contributed by atoms with Gasteiger partial charge in [-0.25, -0.2) is 9.67 Å². The van der Waals surface area contributed by atoms with Crippen molar-refractivity contribution in [1.82, 2.24) is 30.2 Å². The molecule has 3 heterocycles. The minimum Gasteiger partial charge on any atom is -0.309 e. The molecule has 1 aromatic carbocycles. The quantitative estimate of drug-likeness (QED) is 0.516. The van der Waals surface area contributed by atoms with Crippen LogP contribution in [0.1, 0.15) is 36.9 Å². The van der Waals surface area contributed by atoms with E-state index in [0.29, 0.717) is 17.3 Å². The number of aromatic nitrogens is 6. The van der Waals surface area contributed by atoms with Crippen LogP contribution in [0.4, 0.5) is 0 Å². The first-order valence-electron chi connectivity index (χ1n) is 8.72. The highest BCUT2D eigenvalue weighted by Crippen LogP contribution is 2.40. The molecule has 0 radical (unpaired) electrons. The van der Waals surface area contributed by atoms with E-state index in [9.17, 15) is 4.79 Å². The van der Waals surface area contributed by atoms with E-state index < -0.39 is 0 Å². The molecule has 4 aromatic rings. The average Bonchev–Trinajstić information content (AvgIpc) is 3.26. The SMILES string of the molecule is CC(Sc1nnnn1C1CC1)c1nc2scc(-c3ccccc3)c2c(=O)[nH]1. The number of thiophene rings is 1. The molecular weight excluding hydrogens is 380 g/mol. The zero-order valence-electron chi connectivity index (χ0n) is 14.5. The Morgan fingerprint density at radius 2 is 2.11 bits per heavy atom. The van der Waals surface area contributed by atoms with Crippen LogP contribution in [-0.4, -0.2) is 30.2 Å². The summed E-state index contributed by atoms with van der Waals surface area (Å²) in [5, 5.41) is 15.3. The van der Waals surface area contributed by atoms with Crippen LogP contribution in [-0.2, 0) is 0 Å². The van der Waals surface area contributed by atoms with Crippen molar-refractivity contribution in [1.29, 1.82) is 0 Å². The van der Waals surface area contributed by atoms with E-state index >= 15 is 0 Å². The first kappa shape index (κ1) is 16.6. The van der Waals surface area contributed by atoms with Gasteiger partial charge in [0.15, 0.2) is 0 Å². The summed E-state index contributed by atoms with van der Waals surface area (Å²) in [6, 6.07) is 10.3. The second-order valence-electron chi connectivity index (χ2n) is 6.54. The van der Waals surface area contributed by atoms with Gasteiger partial charge in [-0.1, -0.05) is 42.1 Å². The third kappa shape index (κ3) is 3.06. The van der Waals surface area contributed by atoms with Crippen molar-refractivity contribution in [3.63, 3.8) is 0 Å². The van der Waals surface area contributed by atoms with Gasteiger partial charge in [0.05, 0.1) is 16.7 Å². The zero-order valence-corrected chi connectivity index (χ0v) is 16.1. The molecule has 0 aliphatic heterocycles. The fraction of sp³-hybridized carbons (Fsp3) is 0.278. The lowest BCUT2D eigenvalue weighted by atomic mass is 10.1. The molecule has 1 unspecified atom stereocenters. The Hall–Kier alpha value is -2.52. The predicted octanol–water partition coefficient (Wildman–Crippen LogP) is 3.83. The predicted molar refractivity (Wildman–Crippen MR) is 106 cm³/mol. The first-order valence-corrected chi connectivity index (χ1v) is 10.5. The topological polar surface area (TPSA) is 89.3 Å².